The molecule has 1 aliphatic rings. The molecule has 0 heterocycles. The summed E-state index contributed by atoms with van der Waals surface area (Å²) in [7, 11) is -3.93. The van der Waals surface area contributed by atoms with Crippen molar-refractivity contribution in [3.63, 3.8) is 0 Å². The van der Waals surface area contributed by atoms with E-state index < -0.39 is 10.0 Å². The fourth-order valence-corrected chi connectivity index (χ4v) is 3.51. The lowest BCUT2D eigenvalue weighted by molar-refractivity contribution is -0.110. The maximum absolute atomic E-state index is 12.6. The molecule has 2 aromatic rings. The van der Waals surface area contributed by atoms with Crippen molar-refractivity contribution >= 4 is 43.3 Å². The number of benzene rings is 2. The van der Waals surface area contributed by atoms with Gasteiger partial charge in [0.1, 0.15) is 0 Å². The van der Waals surface area contributed by atoms with Gasteiger partial charge in [0.05, 0.1) is 15.1 Å². The van der Waals surface area contributed by atoms with Gasteiger partial charge in [-0.3, -0.25) is 4.79 Å². The van der Waals surface area contributed by atoms with E-state index >= 15 is 0 Å². The molecule has 130 valence electrons. The van der Waals surface area contributed by atoms with Gasteiger partial charge in [0.15, 0.2) is 11.6 Å². The second kappa shape index (κ2) is 7.72. The lowest BCUT2D eigenvalue weighted by Crippen LogP contribution is -2.09. The molecule has 0 saturated heterocycles. The molecule has 0 unspecified atom stereocenters. The predicted molar refractivity (Wildman–Crippen MR) is 105 cm³/mol. The standard InChI is InChI=1S/C19H13BrN2O3S/c20-17-13-15(11-12-18(17)23)21-19(14-7-3-1-4-8-14)22-26(24,25)16-9-5-2-6-10-16/h1-13H/b21-15?,22-19+. The Hall–Kier alpha value is -2.64. The van der Waals surface area contributed by atoms with Crippen LogP contribution in [0.1, 0.15) is 5.56 Å². The number of ketones is 1. The molecule has 0 spiro atoms. The highest BCUT2D eigenvalue weighted by atomic mass is 79.9. The Bertz CT molecular complexity index is 1050. The number of allylic oxidation sites excluding steroid dienone is 4. The molecular weight excluding hydrogens is 416 g/mol. The van der Waals surface area contributed by atoms with E-state index in [1.165, 1.54) is 30.4 Å². The molecule has 0 aromatic heterocycles. The number of rotatable bonds is 3. The number of hydrogen-bond acceptors (Lipinski definition) is 3. The molecule has 0 bridgehead atoms. The molecule has 7 heteroatoms. The summed E-state index contributed by atoms with van der Waals surface area (Å²) in [5.74, 6) is -0.140. The molecule has 26 heavy (non-hydrogen) atoms. The van der Waals surface area contributed by atoms with Gasteiger partial charge >= 0.3 is 0 Å². The van der Waals surface area contributed by atoms with E-state index in [0.717, 1.165) is 0 Å². The van der Waals surface area contributed by atoms with Crippen LogP contribution in [0.3, 0.4) is 0 Å². The summed E-state index contributed by atoms with van der Waals surface area (Å²) in [6.45, 7) is 0. The highest BCUT2D eigenvalue weighted by Gasteiger charge is 2.16. The van der Waals surface area contributed by atoms with E-state index in [1.54, 1.807) is 42.5 Å². The Morgan fingerprint density at radius 3 is 2.12 bits per heavy atom. The maximum atomic E-state index is 12.6. The van der Waals surface area contributed by atoms with Crippen molar-refractivity contribution in [1.29, 1.82) is 0 Å². The zero-order valence-electron chi connectivity index (χ0n) is 13.4. The minimum absolute atomic E-state index is 0.0417. The van der Waals surface area contributed by atoms with E-state index in [4.69, 9.17) is 0 Å². The lowest BCUT2D eigenvalue weighted by atomic mass is 10.1. The van der Waals surface area contributed by atoms with E-state index in [2.05, 4.69) is 25.3 Å². The predicted octanol–water partition coefficient (Wildman–Crippen LogP) is 3.68. The van der Waals surface area contributed by atoms with Crippen LogP contribution in [-0.4, -0.2) is 25.7 Å². The van der Waals surface area contributed by atoms with Crippen molar-refractivity contribution in [3.05, 3.63) is 88.9 Å². The third kappa shape index (κ3) is 4.30. The van der Waals surface area contributed by atoms with E-state index in [0.29, 0.717) is 15.8 Å². The van der Waals surface area contributed by atoms with E-state index in [-0.39, 0.29) is 16.5 Å². The van der Waals surface area contributed by atoms with Crippen LogP contribution in [0, 0.1) is 0 Å². The molecule has 0 amide bonds. The third-order valence-corrected chi connectivity index (χ3v) is 5.33. The van der Waals surface area contributed by atoms with Crippen LogP contribution in [0.25, 0.3) is 0 Å². The third-order valence-electron chi connectivity index (χ3n) is 3.43. The number of sulfonamides is 1. The molecule has 0 radical (unpaired) electrons. The van der Waals surface area contributed by atoms with Crippen molar-refractivity contribution < 1.29 is 13.2 Å². The molecule has 5 nitrogen and oxygen atoms in total. The smallest absolute Gasteiger partial charge is 0.284 e. The highest BCUT2D eigenvalue weighted by molar-refractivity contribution is 9.12. The molecule has 1 aliphatic carbocycles. The van der Waals surface area contributed by atoms with Gasteiger partial charge in [-0.1, -0.05) is 48.5 Å². The topological polar surface area (TPSA) is 75.9 Å². The average Bonchev–Trinajstić information content (AvgIpc) is 2.65. The monoisotopic (exact) mass is 428 g/mol. The van der Waals surface area contributed by atoms with Crippen molar-refractivity contribution in [1.82, 2.24) is 0 Å². The van der Waals surface area contributed by atoms with Crippen LogP contribution in [0.2, 0.25) is 0 Å². The summed E-state index contributed by atoms with van der Waals surface area (Å²) in [5, 5.41) is 0. The Balaban J connectivity index is 2.11. The van der Waals surface area contributed by atoms with Crippen LogP contribution >= 0.6 is 15.9 Å². The molecule has 0 atom stereocenters. The Morgan fingerprint density at radius 1 is 0.885 bits per heavy atom. The van der Waals surface area contributed by atoms with Crippen LogP contribution in [0.15, 0.2) is 97.7 Å². The van der Waals surface area contributed by atoms with Gasteiger partial charge in [0.25, 0.3) is 10.0 Å². The first-order valence-corrected chi connectivity index (χ1v) is 9.83. The van der Waals surface area contributed by atoms with Gasteiger partial charge in [-0.15, -0.1) is 4.40 Å². The molecule has 0 N–H and O–H groups in total. The highest BCUT2D eigenvalue weighted by Crippen LogP contribution is 2.16. The van der Waals surface area contributed by atoms with Gasteiger partial charge in [-0.2, -0.15) is 8.42 Å². The fourth-order valence-electron chi connectivity index (χ4n) is 2.17. The number of carbonyl (C=O) groups is 1. The van der Waals surface area contributed by atoms with Crippen molar-refractivity contribution in [2.75, 3.05) is 0 Å². The zero-order valence-corrected chi connectivity index (χ0v) is 15.8. The van der Waals surface area contributed by atoms with Crippen LogP contribution in [0.5, 0.6) is 0 Å². The number of nitrogens with zero attached hydrogens (tertiary/aromatic N) is 2. The van der Waals surface area contributed by atoms with Gasteiger partial charge in [0, 0.05) is 5.56 Å². The van der Waals surface area contributed by atoms with Gasteiger partial charge in [0.2, 0.25) is 0 Å². The van der Waals surface area contributed by atoms with Crippen LogP contribution in [-0.2, 0) is 14.8 Å². The fraction of sp³-hybridized carbons (Fsp3) is 0. The summed E-state index contributed by atoms with van der Waals surface area (Å²) >= 11 is 3.16. The Morgan fingerprint density at radius 2 is 1.50 bits per heavy atom. The van der Waals surface area contributed by atoms with E-state index in [9.17, 15) is 13.2 Å². The largest absolute Gasteiger partial charge is 0.289 e. The quantitative estimate of drug-likeness (QED) is 0.424. The number of carbonyl (C=O) groups excluding carboxylic acids is 1. The van der Waals surface area contributed by atoms with Gasteiger partial charge in [-0.05, 0) is 46.3 Å². The van der Waals surface area contributed by atoms with Crippen molar-refractivity contribution in [2.24, 2.45) is 9.39 Å². The van der Waals surface area contributed by atoms with Crippen molar-refractivity contribution in [2.45, 2.75) is 4.90 Å². The summed E-state index contributed by atoms with van der Waals surface area (Å²) in [6.07, 6.45) is 4.40. The molecule has 0 aliphatic heterocycles. The second-order valence-electron chi connectivity index (χ2n) is 5.30. The summed E-state index contributed by atoms with van der Waals surface area (Å²) in [4.78, 5) is 16.0. The van der Waals surface area contributed by atoms with Crippen LogP contribution in [0.4, 0.5) is 0 Å². The van der Waals surface area contributed by atoms with Gasteiger partial charge < -0.3 is 0 Å². The molecular formula is C19H13BrN2O3S. The van der Waals surface area contributed by atoms with Crippen LogP contribution < -0.4 is 0 Å². The number of hydrogen-bond donors (Lipinski definition) is 0. The number of aliphatic imine (C=N–C) groups is 1. The number of amidine groups is 1. The zero-order chi connectivity index (χ0) is 18.6. The molecule has 3 rings (SSSR count). The first-order valence-electron chi connectivity index (χ1n) is 7.59. The van der Waals surface area contributed by atoms with Gasteiger partial charge in [-0.25, -0.2) is 4.99 Å². The summed E-state index contributed by atoms with van der Waals surface area (Å²) in [5.41, 5.74) is 0.969. The molecule has 0 fully saturated rings. The van der Waals surface area contributed by atoms with Crippen molar-refractivity contribution in [3.8, 4) is 0 Å². The Kier molecular flexibility index (Phi) is 5.39. The second-order valence-corrected chi connectivity index (χ2v) is 7.75. The maximum Gasteiger partial charge on any atom is 0.284 e. The molecule has 2 aromatic carbocycles. The van der Waals surface area contributed by atoms with E-state index in [1.807, 2.05) is 6.07 Å². The summed E-state index contributed by atoms with van der Waals surface area (Å²) < 4.78 is 29.5. The minimum atomic E-state index is -3.93. The average molecular weight is 429 g/mol. The lowest BCUT2D eigenvalue weighted by Gasteiger charge is -2.06. The first kappa shape index (κ1) is 18.2. The summed E-state index contributed by atoms with van der Waals surface area (Å²) in [6, 6.07) is 16.7. The number of halogens is 1. The first-order chi connectivity index (χ1) is 12.5. The Labute approximate surface area is 159 Å². The minimum Gasteiger partial charge on any atom is -0.289 e. The normalized spacial score (nSPS) is 16.7. The molecule has 0 saturated carbocycles. The SMILES string of the molecule is O=C1C=CC(=N/C(=N/S(=O)(=O)c2ccccc2)c2ccccc2)C=C1Br.